The molecule has 2 atom stereocenters. The Morgan fingerprint density at radius 1 is 1.24 bits per heavy atom. The van der Waals surface area contributed by atoms with Crippen LogP contribution in [0.15, 0.2) is 42.5 Å². The van der Waals surface area contributed by atoms with Crippen molar-refractivity contribution in [2.45, 2.75) is 31.5 Å². The Morgan fingerprint density at radius 3 is 2.57 bits per heavy atom. The number of fused-ring (bicyclic) bond motifs is 2. The van der Waals surface area contributed by atoms with Gasteiger partial charge in [-0.05, 0) is 18.4 Å². The highest BCUT2D eigenvalue weighted by Crippen LogP contribution is 2.29. The monoisotopic (exact) mass is 286 g/mol. The Labute approximate surface area is 125 Å². The zero-order chi connectivity index (χ0) is 14.7. The third-order valence-corrected chi connectivity index (χ3v) is 4.38. The van der Waals surface area contributed by atoms with Crippen LogP contribution in [-0.2, 0) is 16.1 Å². The molecule has 2 aliphatic rings. The molecule has 0 radical (unpaired) electrons. The van der Waals surface area contributed by atoms with Crippen LogP contribution in [-0.4, -0.2) is 42.6 Å². The lowest BCUT2D eigenvalue weighted by atomic mass is 10.2. The molecule has 2 fully saturated rings. The second-order valence-corrected chi connectivity index (χ2v) is 5.87. The predicted octanol–water partition coefficient (Wildman–Crippen LogP) is 1.72. The van der Waals surface area contributed by atoms with Crippen molar-refractivity contribution in [2.24, 2.45) is 0 Å². The number of hydrogen-bond donors (Lipinski definition) is 1. The summed E-state index contributed by atoms with van der Waals surface area (Å²) in [5.74, 6) is -0.0512. The van der Waals surface area contributed by atoms with Crippen LogP contribution in [0, 0.1) is 0 Å². The number of carbonyl (C=O) groups excluding carboxylic acids is 1. The molecule has 0 spiro atoms. The first kappa shape index (κ1) is 14.3. The van der Waals surface area contributed by atoms with Crippen molar-refractivity contribution < 1.29 is 9.53 Å². The molecule has 21 heavy (non-hydrogen) atoms. The lowest BCUT2D eigenvalue weighted by molar-refractivity contribution is -0.118. The van der Waals surface area contributed by atoms with Gasteiger partial charge in [-0.3, -0.25) is 9.69 Å². The molecule has 3 rings (SSSR count). The fraction of sp³-hybridized carbons (Fsp3) is 0.471. The summed E-state index contributed by atoms with van der Waals surface area (Å²) in [5, 5.41) is 2.94. The number of benzene rings is 1. The number of ether oxygens (including phenoxy) is 1. The average Bonchev–Trinajstić information content (AvgIpc) is 2.74. The van der Waals surface area contributed by atoms with E-state index in [1.807, 2.05) is 30.3 Å². The van der Waals surface area contributed by atoms with Gasteiger partial charge < -0.3 is 10.1 Å². The summed E-state index contributed by atoms with van der Waals surface area (Å²) in [4.78, 5) is 14.5. The van der Waals surface area contributed by atoms with Crippen LogP contribution in [0.3, 0.4) is 0 Å². The van der Waals surface area contributed by atoms with Gasteiger partial charge in [0.2, 0.25) is 5.91 Å². The number of morpholine rings is 1. The number of carbonyl (C=O) groups is 1. The van der Waals surface area contributed by atoms with Crippen LogP contribution >= 0.6 is 0 Å². The fourth-order valence-corrected chi connectivity index (χ4v) is 3.17. The van der Waals surface area contributed by atoms with E-state index in [4.69, 9.17) is 4.74 Å². The Hall–Kier alpha value is -1.65. The molecule has 1 aromatic rings. The Kier molecular flexibility index (Phi) is 4.36. The highest BCUT2D eigenvalue weighted by Gasteiger charge is 2.37. The summed E-state index contributed by atoms with van der Waals surface area (Å²) in [7, 11) is 0. The molecule has 2 aliphatic heterocycles. The zero-order valence-corrected chi connectivity index (χ0v) is 12.3. The van der Waals surface area contributed by atoms with Gasteiger partial charge in [-0.25, -0.2) is 0 Å². The van der Waals surface area contributed by atoms with Crippen LogP contribution in [0.5, 0.6) is 0 Å². The maximum Gasteiger partial charge on any atom is 0.248 e. The molecule has 0 aromatic heterocycles. The van der Waals surface area contributed by atoms with E-state index in [-0.39, 0.29) is 5.91 Å². The van der Waals surface area contributed by atoms with E-state index in [1.54, 1.807) is 0 Å². The third kappa shape index (κ3) is 3.34. The van der Waals surface area contributed by atoms with E-state index >= 15 is 0 Å². The van der Waals surface area contributed by atoms with Crippen molar-refractivity contribution in [3.8, 4) is 0 Å². The quantitative estimate of drug-likeness (QED) is 0.838. The van der Waals surface area contributed by atoms with Gasteiger partial charge in [0.15, 0.2) is 0 Å². The molecule has 0 saturated carbocycles. The fourth-order valence-electron chi connectivity index (χ4n) is 3.17. The SMILES string of the molecule is C=C(CN1C2CCC1COC2)C(=O)NCc1ccccc1. The minimum atomic E-state index is -0.0512. The molecule has 0 aliphatic carbocycles. The summed E-state index contributed by atoms with van der Waals surface area (Å²) in [5.41, 5.74) is 1.75. The Bertz CT molecular complexity index is 499. The molecule has 2 unspecified atom stereocenters. The normalized spacial score (nSPS) is 24.8. The molecule has 2 heterocycles. The lowest BCUT2D eigenvalue weighted by Crippen LogP contribution is -2.47. The van der Waals surface area contributed by atoms with Gasteiger partial charge in [0.25, 0.3) is 0 Å². The minimum Gasteiger partial charge on any atom is -0.378 e. The highest BCUT2D eigenvalue weighted by atomic mass is 16.5. The molecule has 4 nitrogen and oxygen atoms in total. The van der Waals surface area contributed by atoms with Gasteiger partial charge in [-0.2, -0.15) is 0 Å². The minimum absolute atomic E-state index is 0.0512. The number of hydrogen-bond acceptors (Lipinski definition) is 3. The molecule has 1 amide bonds. The van der Waals surface area contributed by atoms with Crippen LogP contribution in [0.4, 0.5) is 0 Å². The average molecular weight is 286 g/mol. The van der Waals surface area contributed by atoms with E-state index in [9.17, 15) is 4.79 Å². The standard InChI is InChI=1S/C17H22N2O2/c1-13(10-19-15-7-8-16(19)12-21-11-15)17(20)18-9-14-5-3-2-4-6-14/h2-6,15-16H,1,7-12H2,(H,18,20). The lowest BCUT2D eigenvalue weighted by Gasteiger charge is -2.34. The van der Waals surface area contributed by atoms with E-state index in [1.165, 1.54) is 12.8 Å². The molecular weight excluding hydrogens is 264 g/mol. The topological polar surface area (TPSA) is 41.6 Å². The predicted molar refractivity (Wildman–Crippen MR) is 81.8 cm³/mol. The summed E-state index contributed by atoms with van der Waals surface area (Å²) in [6, 6.07) is 10.9. The van der Waals surface area contributed by atoms with E-state index in [0.717, 1.165) is 18.8 Å². The first-order valence-corrected chi connectivity index (χ1v) is 7.57. The zero-order valence-electron chi connectivity index (χ0n) is 12.3. The first-order chi connectivity index (χ1) is 10.2. The second kappa shape index (κ2) is 6.41. The molecular formula is C17H22N2O2. The van der Waals surface area contributed by atoms with Gasteiger partial charge in [-0.1, -0.05) is 36.9 Å². The smallest absolute Gasteiger partial charge is 0.248 e. The maximum absolute atomic E-state index is 12.2. The van der Waals surface area contributed by atoms with Gasteiger partial charge in [0, 0.05) is 30.7 Å². The molecule has 2 saturated heterocycles. The first-order valence-electron chi connectivity index (χ1n) is 7.57. The number of amides is 1. The van der Waals surface area contributed by atoms with Crippen molar-refractivity contribution in [2.75, 3.05) is 19.8 Å². The van der Waals surface area contributed by atoms with E-state index in [2.05, 4.69) is 16.8 Å². The van der Waals surface area contributed by atoms with Gasteiger partial charge in [0.1, 0.15) is 0 Å². The van der Waals surface area contributed by atoms with Crippen LogP contribution in [0.25, 0.3) is 0 Å². The molecule has 4 heteroatoms. The highest BCUT2D eigenvalue weighted by molar-refractivity contribution is 5.93. The number of rotatable bonds is 5. The molecule has 112 valence electrons. The number of nitrogens with one attached hydrogen (secondary N) is 1. The Balaban J connectivity index is 1.50. The van der Waals surface area contributed by atoms with Crippen LogP contribution in [0.2, 0.25) is 0 Å². The summed E-state index contributed by atoms with van der Waals surface area (Å²) < 4.78 is 5.56. The summed E-state index contributed by atoms with van der Waals surface area (Å²) in [6.07, 6.45) is 2.34. The van der Waals surface area contributed by atoms with E-state index < -0.39 is 0 Å². The van der Waals surface area contributed by atoms with Crippen molar-refractivity contribution in [1.29, 1.82) is 0 Å². The van der Waals surface area contributed by atoms with Crippen molar-refractivity contribution in [3.63, 3.8) is 0 Å². The second-order valence-electron chi connectivity index (χ2n) is 5.87. The largest absolute Gasteiger partial charge is 0.378 e. The van der Waals surface area contributed by atoms with Crippen LogP contribution in [0.1, 0.15) is 18.4 Å². The molecule has 2 bridgehead atoms. The molecule has 1 N–H and O–H groups in total. The van der Waals surface area contributed by atoms with Gasteiger partial charge in [-0.15, -0.1) is 0 Å². The van der Waals surface area contributed by atoms with Crippen molar-refractivity contribution in [3.05, 3.63) is 48.0 Å². The van der Waals surface area contributed by atoms with Crippen molar-refractivity contribution >= 4 is 5.91 Å². The van der Waals surface area contributed by atoms with Gasteiger partial charge >= 0.3 is 0 Å². The Morgan fingerprint density at radius 2 is 1.90 bits per heavy atom. The van der Waals surface area contributed by atoms with E-state index in [0.29, 0.717) is 30.7 Å². The third-order valence-electron chi connectivity index (χ3n) is 4.38. The summed E-state index contributed by atoms with van der Waals surface area (Å²) in [6.45, 7) is 6.74. The van der Waals surface area contributed by atoms with Gasteiger partial charge in [0.05, 0.1) is 13.2 Å². The molecule has 1 aromatic carbocycles. The van der Waals surface area contributed by atoms with Crippen molar-refractivity contribution in [1.82, 2.24) is 10.2 Å². The maximum atomic E-state index is 12.2. The van der Waals surface area contributed by atoms with Crippen LogP contribution < -0.4 is 5.32 Å². The number of nitrogens with zero attached hydrogens (tertiary/aromatic N) is 1. The summed E-state index contributed by atoms with van der Waals surface area (Å²) >= 11 is 0.